The lowest BCUT2D eigenvalue weighted by molar-refractivity contribution is 0.0921. The van der Waals surface area contributed by atoms with Crippen LogP contribution in [0, 0.1) is 33.1 Å². The molecule has 0 spiro atoms. The maximum atomic E-state index is 13.7. The minimum absolute atomic E-state index is 0.175. The number of hydrogen-bond acceptors (Lipinski definition) is 4. The second-order valence-corrected chi connectivity index (χ2v) is 13.3. The number of nitrogens with one attached hydrogen (secondary N) is 2. The van der Waals surface area contributed by atoms with Gasteiger partial charge in [-0.3, -0.25) is 9.59 Å². The van der Waals surface area contributed by atoms with Gasteiger partial charge < -0.3 is 10.6 Å². The fourth-order valence-corrected chi connectivity index (χ4v) is 5.72. The van der Waals surface area contributed by atoms with Crippen molar-refractivity contribution < 1.29 is 9.59 Å². The molecular formula is C41H40N4O2. The predicted octanol–water partition coefficient (Wildman–Crippen LogP) is 8.54. The molecule has 2 heterocycles. The van der Waals surface area contributed by atoms with E-state index in [1.54, 1.807) is 0 Å². The number of pyridine rings is 2. The minimum Gasteiger partial charge on any atom is -0.351 e. The highest BCUT2D eigenvalue weighted by Gasteiger charge is 2.23. The van der Waals surface area contributed by atoms with E-state index in [0.29, 0.717) is 24.2 Å². The maximum absolute atomic E-state index is 13.7. The smallest absolute Gasteiger partial charge is 0.252 e. The van der Waals surface area contributed by atoms with Gasteiger partial charge >= 0.3 is 0 Å². The van der Waals surface area contributed by atoms with E-state index in [0.717, 1.165) is 44.3 Å². The maximum Gasteiger partial charge on any atom is 0.252 e. The van der Waals surface area contributed by atoms with Crippen LogP contribution >= 0.6 is 0 Å². The van der Waals surface area contributed by atoms with Crippen LogP contribution in [0.15, 0.2) is 97.1 Å². The van der Waals surface area contributed by atoms with Crippen molar-refractivity contribution in [3.8, 4) is 22.5 Å². The molecule has 6 aromatic rings. The van der Waals surface area contributed by atoms with Crippen molar-refractivity contribution in [1.29, 1.82) is 0 Å². The molecule has 0 saturated heterocycles. The number of hydrogen-bond donors (Lipinski definition) is 2. The van der Waals surface area contributed by atoms with Crippen LogP contribution in [0.3, 0.4) is 0 Å². The van der Waals surface area contributed by atoms with Crippen LogP contribution in [-0.4, -0.2) is 34.9 Å². The lowest BCUT2D eigenvalue weighted by Gasteiger charge is -2.26. The number of aryl methyl sites for hydroxylation is 4. The van der Waals surface area contributed by atoms with E-state index in [1.165, 1.54) is 22.3 Å². The van der Waals surface area contributed by atoms with Crippen LogP contribution in [0.5, 0.6) is 0 Å². The molecule has 0 radical (unpaired) electrons. The summed E-state index contributed by atoms with van der Waals surface area (Å²) in [5, 5.41) is 7.87. The van der Waals surface area contributed by atoms with Crippen molar-refractivity contribution in [3.05, 3.63) is 130 Å². The summed E-state index contributed by atoms with van der Waals surface area (Å²) in [6, 6.07) is 31.7. The van der Waals surface area contributed by atoms with Gasteiger partial charge in [0.1, 0.15) is 0 Å². The Hall–Kier alpha value is -5.36. The van der Waals surface area contributed by atoms with Gasteiger partial charge in [0.15, 0.2) is 0 Å². The molecule has 0 aliphatic rings. The highest BCUT2D eigenvalue weighted by atomic mass is 16.2. The summed E-state index contributed by atoms with van der Waals surface area (Å²) in [4.78, 5) is 37.1. The molecule has 6 heteroatoms. The fraction of sp³-hybridized carbons (Fsp3) is 0.220. The van der Waals surface area contributed by atoms with Crippen LogP contribution in [-0.2, 0) is 0 Å². The Balaban J connectivity index is 1.20. The molecule has 0 unspecified atom stereocenters. The second kappa shape index (κ2) is 12.8. The topological polar surface area (TPSA) is 84.0 Å². The number of nitrogens with zero attached hydrogens (tertiary/aromatic N) is 2. The Morgan fingerprint density at radius 1 is 0.553 bits per heavy atom. The van der Waals surface area contributed by atoms with Crippen LogP contribution in [0.1, 0.15) is 56.8 Å². The van der Waals surface area contributed by atoms with E-state index in [-0.39, 0.29) is 11.8 Å². The average Bonchev–Trinajstić information content (AvgIpc) is 3.07. The molecule has 0 atom stereocenters. The zero-order valence-electron chi connectivity index (χ0n) is 27.9. The van der Waals surface area contributed by atoms with Crippen LogP contribution in [0.4, 0.5) is 0 Å². The predicted molar refractivity (Wildman–Crippen MR) is 192 cm³/mol. The summed E-state index contributed by atoms with van der Waals surface area (Å²) >= 11 is 0. The fourth-order valence-electron chi connectivity index (χ4n) is 5.72. The van der Waals surface area contributed by atoms with Gasteiger partial charge in [0.2, 0.25) is 0 Å². The third-order valence-corrected chi connectivity index (χ3v) is 8.98. The van der Waals surface area contributed by atoms with Gasteiger partial charge in [0.25, 0.3) is 11.8 Å². The van der Waals surface area contributed by atoms with E-state index in [9.17, 15) is 9.59 Å². The first-order valence-corrected chi connectivity index (χ1v) is 16.0. The molecule has 236 valence electrons. The number of aromatic nitrogens is 2. The van der Waals surface area contributed by atoms with Gasteiger partial charge in [-0.1, -0.05) is 74.5 Å². The summed E-state index contributed by atoms with van der Waals surface area (Å²) in [7, 11) is 0. The Morgan fingerprint density at radius 3 is 1.36 bits per heavy atom. The first-order chi connectivity index (χ1) is 22.5. The standard InChI is InChI=1S/C41H40N4O2/c1-25-15-17-29(19-27(25)3)37-21-33(31-11-7-9-13-35(31)44-37)39(46)42-23-41(5,6)24-43-40(47)34-22-38(30-18-16-26(2)28(4)20-30)45-36-14-10-8-12-32(34)36/h7-22H,23-24H2,1-6H3,(H,42,46)(H,43,47). The van der Waals surface area contributed by atoms with Crippen molar-refractivity contribution in [3.63, 3.8) is 0 Å². The molecular weight excluding hydrogens is 580 g/mol. The van der Waals surface area contributed by atoms with Crippen LogP contribution in [0.25, 0.3) is 44.3 Å². The van der Waals surface area contributed by atoms with Gasteiger partial charge in [-0.25, -0.2) is 9.97 Å². The Bertz CT molecular complexity index is 2010. The summed E-state index contributed by atoms with van der Waals surface area (Å²) in [6.07, 6.45) is 0. The number of fused-ring (bicyclic) bond motifs is 2. The SMILES string of the molecule is Cc1ccc(-c2cc(C(=O)NCC(C)(C)CNC(=O)c3cc(-c4ccc(C)c(C)c4)nc4ccccc34)c3ccccc3n2)cc1C. The monoisotopic (exact) mass is 620 g/mol. The molecule has 0 bridgehead atoms. The molecule has 4 aromatic carbocycles. The molecule has 2 N–H and O–H groups in total. The van der Waals surface area contributed by atoms with E-state index >= 15 is 0 Å². The van der Waals surface area contributed by atoms with Crippen molar-refractivity contribution in [2.45, 2.75) is 41.5 Å². The molecule has 0 aliphatic heterocycles. The second-order valence-electron chi connectivity index (χ2n) is 13.3. The van der Waals surface area contributed by atoms with E-state index in [1.807, 2.05) is 86.6 Å². The highest BCUT2D eigenvalue weighted by molar-refractivity contribution is 6.08. The number of rotatable bonds is 8. The molecule has 6 rings (SSSR count). The van der Waals surface area contributed by atoms with Crippen molar-refractivity contribution in [1.82, 2.24) is 20.6 Å². The van der Waals surface area contributed by atoms with Crippen molar-refractivity contribution in [2.24, 2.45) is 5.41 Å². The number of carbonyl (C=O) groups is 2. The number of carbonyl (C=O) groups excluding carboxylic acids is 2. The first-order valence-electron chi connectivity index (χ1n) is 16.0. The highest BCUT2D eigenvalue weighted by Crippen LogP contribution is 2.28. The zero-order valence-corrected chi connectivity index (χ0v) is 27.9. The van der Waals surface area contributed by atoms with Crippen LogP contribution < -0.4 is 10.6 Å². The van der Waals surface area contributed by atoms with Crippen molar-refractivity contribution >= 4 is 33.6 Å². The third kappa shape index (κ3) is 6.77. The largest absolute Gasteiger partial charge is 0.351 e. The van der Waals surface area contributed by atoms with Crippen LogP contribution in [0.2, 0.25) is 0 Å². The summed E-state index contributed by atoms with van der Waals surface area (Å²) in [6.45, 7) is 13.1. The molecule has 47 heavy (non-hydrogen) atoms. The van der Waals surface area contributed by atoms with Crippen molar-refractivity contribution in [2.75, 3.05) is 13.1 Å². The van der Waals surface area contributed by atoms with Gasteiger partial charge in [-0.05, 0) is 91.8 Å². The molecule has 0 aliphatic carbocycles. The summed E-state index contributed by atoms with van der Waals surface area (Å²) in [5.74, 6) is -0.350. The number of benzene rings is 4. The molecule has 6 nitrogen and oxygen atoms in total. The van der Waals surface area contributed by atoms with E-state index in [4.69, 9.17) is 9.97 Å². The first kappa shape index (κ1) is 31.6. The summed E-state index contributed by atoms with van der Waals surface area (Å²) in [5.41, 5.74) is 10.5. The minimum atomic E-state index is -0.426. The Labute approximate surface area is 276 Å². The van der Waals surface area contributed by atoms with Gasteiger partial charge in [0.05, 0.1) is 33.5 Å². The van der Waals surface area contributed by atoms with E-state index in [2.05, 4.69) is 62.6 Å². The molecule has 0 fully saturated rings. The number of amides is 2. The van der Waals surface area contributed by atoms with Gasteiger partial charge in [-0.15, -0.1) is 0 Å². The van der Waals surface area contributed by atoms with Gasteiger partial charge in [0, 0.05) is 35.0 Å². The van der Waals surface area contributed by atoms with E-state index < -0.39 is 5.41 Å². The van der Waals surface area contributed by atoms with Gasteiger partial charge in [-0.2, -0.15) is 0 Å². The molecule has 2 amide bonds. The lowest BCUT2D eigenvalue weighted by Crippen LogP contribution is -2.42. The molecule has 0 saturated carbocycles. The number of para-hydroxylation sites is 2. The summed E-state index contributed by atoms with van der Waals surface area (Å²) < 4.78 is 0. The Kier molecular flexibility index (Phi) is 8.61. The third-order valence-electron chi connectivity index (χ3n) is 8.98. The lowest BCUT2D eigenvalue weighted by atomic mass is 9.92. The zero-order chi connectivity index (χ0) is 33.3. The quantitative estimate of drug-likeness (QED) is 0.179. The Morgan fingerprint density at radius 2 is 0.957 bits per heavy atom. The average molecular weight is 621 g/mol. The molecule has 2 aromatic heterocycles. The normalized spacial score (nSPS) is 11.5.